The highest BCUT2D eigenvalue weighted by molar-refractivity contribution is 5.84. The number of H-pyrrole nitrogens is 1. The minimum Gasteiger partial charge on any atom is -0.344 e. The lowest BCUT2D eigenvalue weighted by Crippen LogP contribution is -2.42. The van der Waals surface area contributed by atoms with Crippen LogP contribution in [0.3, 0.4) is 0 Å². The van der Waals surface area contributed by atoms with Crippen LogP contribution in [-0.2, 0) is 17.5 Å². The molecule has 0 spiro atoms. The van der Waals surface area contributed by atoms with Crippen molar-refractivity contribution in [1.82, 2.24) is 25.9 Å². The Hall–Kier alpha value is -4.34. The Balaban J connectivity index is 1.44. The number of aryl methyl sites for hydroxylation is 1. The van der Waals surface area contributed by atoms with Gasteiger partial charge in [0.2, 0.25) is 11.7 Å². The smallest absolute Gasteiger partial charge is 0.344 e. The molecule has 1 atom stereocenters. The molecule has 3 amide bonds. The maximum Gasteiger partial charge on any atom is 0.449 e. The first-order chi connectivity index (χ1) is 17.2. The molecule has 4 aromatic rings. The van der Waals surface area contributed by atoms with Crippen LogP contribution in [0.1, 0.15) is 34.1 Å². The molecule has 4 rings (SSSR count). The van der Waals surface area contributed by atoms with Gasteiger partial charge in [-0.25, -0.2) is 9.78 Å². The molecule has 3 aromatic carbocycles. The number of benzene rings is 3. The van der Waals surface area contributed by atoms with Gasteiger partial charge in [-0.1, -0.05) is 66.2 Å². The van der Waals surface area contributed by atoms with Gasteiger partial charge in [0, 0.05) is 6.54 Å². The van der Waals surface area contributed by atoms with Crippen LogP contribution in [0.25, 0.3) is 11.0 Å². The van der Waals surface area contributed by atoms with E-state index in [9.17, 15) is 22.8 Å². The van der Waals surface area contributed by atoms with Gasteiger partial charge in [0.15, 0.2) is 0 Å². The molecule has 0 aliphatic heterocycles. The number of rotatable bonds is 7. The maximum absolute atomic E-state index is 13.0. The van der Waals surface area contributed by atoms with E-state index >= 15 is 0 Å². The molecule has 0 bridgehead atoms. The van der Waals surface area contributed by atoms with E-state index in [1.54, 1.807) is 30.3 Å². The molecule has 0 saturated heterocycles. The number of nitrogens with one attached hydrogen (secondary N) is 4. The number of alkyl halides is 3. The van der Waals surface area contributed by atoms with Crippen molar-refractivity contribution in [2.75, 3.05) is 6.54 Å². The lowest BCUT2D eigenvalue weighted by Gasteiger charge is -2.20. The van der Waals surface area contributed by atoms with Crippen LogP contribution in [-0.4, -0.2) is 28.5 Å². The summed E-state index contributed by atoms with van der Waals surface area (Å²) in [5, 5.41) is 8.06. The van der Waals surface area contributed by atoms with Crippen molar-refractivity contribution in [3.63, 3.8) is 0 Å². The SMILES string of the molecule is Cc1ccc(CNC(=O)NCC(=O)NC(c2ccccc2)c2ccc3nc(C(F)(F)F)[nH]c3c2)cc1. The van der Waals surface area contributed by atoms with Gasteiger partial charge < -0.3 is 20.9 Å². The summed E-state index contributed by atoms with van der Waals surface area (Å²) < 4.78 is 39.1. The number of fused-ring (bicyclic) bond motifs is 1. The third-order valence-corrected chi connectivity index (χ3v) is 5.53. The summed E-state index contributed by atoms with van der Waals surface area (Å²) in [4.78, 5) is 30.7. The van der Waals surface area contributed by atoms with Gasteiger partial charge in [-0.05, 0) is 35.7 Å². The van der Waals surface area contributed by atoms with Crippen LogP contribution in [0.5, 0.6) is 0 Å². The summed E-state index contributed by atoms with van der Waals surface area (Å²) in [5.41, 5.74) is 3.68. The van der Waals surface area contributed by atoms with Crippen molar-refractivity contribution in [2.24, 2.45) is 0 Å². The van der Waals surface area contributed by atoms with Gasteiger partial charge >= 0.3 is 12.2 Å². The fraction of sp³-hybridized carbons (Fsp3) is 0.192. The second kappa shape index (κ2) is 10.5. The number of urea groups is 1. The Morgan fingerprint density at radius 3 is 2.36 bits per heavy atom. The van der Waals surface area contributed by atoms with Crippen molar-refractivity contribution in [1.29, 1.82) is 0 Å². The molecule has 0 aliphatic carbocycles. The highest BCUT2D eigenvalue weighted by atomic mass is 19.4. The first-order valence-electron chi connectivity index (χ1n) is 11.2. The number of aromatic amines is 1. The molecule has 0 aliphatic rings. The Morgan fingerprint density at radius 1 is 0.944 bits per heavy atom. The maximum atomic E-state index is 13.0. The second-order valence-corrected chi connectivity index (χ2v) is 8.29. The topological polar surface area (TPSA) is 98.9 Å². The minimum absolute atomic E-state index is 0.163. The Labute approximate surface area is 205 Å². The average molecular weight is 496 g/mol. The fourth-order valence-electron chi connectivity index (χ4n) is 3.67. The lowest BCUT2D eigenvalue weighted by molar-refractivity contribution is -0.144. The van der Waals surface area contributed by atoms with E-state index in [4.69, 9.17) is 0 Å². The molecule has 7 nitrogen and oxygen atoms in total. The van der Waals surface area contributed by atoms with E-state index in [0.717, 1.165) is 16.7 Å². The predicted octanol–water partition coefficient (Wildman–Crippen LogP) is 4.60. The molecular formula is C26H24F3N5O2. The van der Waals surface area contributed by atoms with Gasteiger partial charge in [-0.2, -0.15) is 13.2 Å². The summed E-state index contributed by atoms with van der Waals surface area (Å²) in [6.07, 6.45) is -4.60. The van der Waals surface area contributed by atoms with E-state index in [-0.39, 0.29) is 17.6 Å². The number of halogens is 3. The minimum atomic E-state index is -4.60. The number of hydrogen-bond acceptors (Lipinski definition) is 3. The van der Waals surface area contributed by atoms with E-state index in [2.05, 4.69) is 25.9 Å². The number of hydrogen-bond donors (Lipinski definition) is 4. The first kappa shape index (κ1) is 24.8. The number of carbonyl (C=O) groups is 2. The molecule has 36 heavy (non-hydrogen) atoms. The summed E-state index contributed by atoms with van der Waals surface area (Å²) in [5.74, 6) is -1.55. The van der Waals surface area contributed by atoms with Crippen molar-refractivity contribution >= 4 is 23.0 Å². The van der Waals surface area contributed by atoms with Crippen LogP contribution in [0.15, 0.2) is 72.8 Å². The molecule has 1 aromatic heterocycles. The molecule has 0 radical (unpaired) electrons. The number of aromatic nitrogens is 2. The van der Waals surface area contributed by atoms with E-state index < -0.39 is 30.0 Å². The zero-order valence-corrected chi connectivity index (χ0v) is 19.3. The van der Waals surface area contributed by atoms with Crippen LogP contribution >= 0.6 is 0 Å². The lowest BCUT2D eigenvalue weighted by atomic mass is 9.98. The van der Waals surface area contributed by atoms with Crippen LogP contribution in [0.4, 0.5) is 18.0 Å². The average Bonchev–Trinajstić information content (AvgIpc) is 3.30. The largest absolute Gasteiger partial charge is 0.449 e. The van der Waals surface area contributed by atoms with Crippen molar-refractivity contribution < 1.29 is 22.8 Å². The molecule has 0 saturated carbocycles. The first-order valence-corrected chi connectivity index (χ1v) is 11.2. The van der Waals surface area contributed by atoms with Crippen molar-refractivity contribution in [3.05, 3.63) is 101 Å². The number of imidazole rings is 1. The zero-order chi connectivity index (χ0) is 25.7. The van der Waals surface area contributed by atoms with Gasteiger partial charge in [0.1, 0.15) is 0 Å². The quantitative estimate of drug-likeness (QED) is 0.302. The molecule has 1 unspecified atom stereocenters. The zero-order valence-electron chi connectivity index (χ0n) is 19.3. The van der Waals surface area contributed by atoms with Crippen LogP contribution in [0, 0.1) is 6.92 Å². The fourth-order valence-corrected chi connectivity index (χ4v) is 3.67. The van der Waals surface area contributed by atoms with Gasteiger partial charge in [-0.3, -0.25) is 4.79 Å². The Morgan fingerprint density at radius 2 is 1.67 bits per heavy atom. The molecule has 10 heteroatoms. The van der Waals surface area contributed by atoms with Crippen molar-refractivity contribution in [3.8, 4) is 0 Å². The summed E-state index contributed by atoms with van der Waals surface area (Å²) in [6.45, 7) is 2.00. The van der Waals surface area contributed by atoms with Crippen LogP contribution < -0.4 is 16.0 Å². The van der Waals surface area contributed by atoms with Crippen LogP contribution in [0.2, 0.25) is 0 Å². The molecule has 1 heterocycles. The molecule has 186 valence electrons. The number of nitrogens with zero attached hydrogens (tertiary/aromatic N) is 1. The third-order valence-electron chi connectivity index (χ3n) is 5.53. The normalized spacial score (nSPS) is 12.2. The molecule has 0 fully saturated rings. The summed E-state index contributed by atoms with van der Waals surface area (Å²) >= 11 is 0. The second-order valence-electron chi connectivity index (χ2n) is 8.29. The van der Waals surface area contributed by atoms with Crippen molar-refractivity contribution in [2.45, 2.75) is 25.7 Å². The number of carbonyl (C=O) groups excluding carboxylic acids is 2. The highest BCUT2D eigenvalue weighted by Crippen LogP contribution is 2.30. The van der Waals surface area contributed by atoms with Gasteiger partial charge in [0.25, 0.3) is 0 Å². The Bertz CT molecular complexity index is 1350. The van der Waals surface area contributed by atoms with E-state index in [1.165, 1.54) is 12.1 Å². The standard InChI is InChI=1S/C26H24F3N5O2/c1-16-7-9-17(10-8-16)14-30-25(36)31-15-22(35)34-23(18-5-3-2-4-6-18)19-11-12-20-21(13-19)33-24(32-20)26(27,28)29/h2-13,23H,14-15H2,1H3,(H,32,33)(H,34,35)(H2,30,31,36). The Kier molecular flexibility index (Phi) is 7.23. The van der Waals surface area contributed by atoms with E-state index in [0.29, 0.717) is 12.1 Å². The monoisotopic (exact) mass is 495 g/mol. The highest BCUT2D eigenvalue weighted by Gasteiger charge is 2.34. The van der Waals surface area contributed by atoms with Gasteiger partial charge in [-0.15, -0.1) is 0 Å². The predicted molar refractivity (Wildman–Crippen MR) is 129 cm³/mol. The summed E-state index contributed by atoms with van der Waals surface area (Å²) in [7, 11) is 0. The molecule has 4 N–H and O–H groups in total. The van der Waals surface area contributed by atoms with E-state index in [1.807, 2.05) is 37.3 Å². The number of amides is 3. The van der Waals surface area contributed by atoms with Gasteiger partial charge in [0.05, 0.1) is 23.6 Å². The summed E-state index contributed by atoms with van der Waals surface area (Å²) in [6, 6.07) is 20.1. The third kappa shape index (κ3) is 6.21. The molecular weight excluding hydrogens is 471 g/mol.